The number of hydrogen-bond donors (Lipinski definition) is 1. The third-order valence-electron chi connectivity index (χ3n) is 5.24. The van der Waals surface area contributed by atoms with Gasteiger partial charge in [-0.25, -0.2) is 12.8 Å². The lowest BCUT2D eigenvalue weighted by Gasteiger charge is -2.33. The zero-order valence-corrected chi connectivity index (χ0v) is 21.4. The van der Waals surface area contributed by atoms with E-state index >= 15 is 0 Å². The number of nitrogens with zero attached hydrogens (tertiary/aromatic N) is 2. The van der Waals surface area contributed by atoms with Crippen LogP contribution in [0.25, 0.3) is 0 Å². The van der Waals surface area contributed by atoms with Gasteiger partial charge in [0.25, 0.3) is 0 Å². The summed E-state index contributed by atoms with van der Waals surface area (Å²) < 4.78 is 39.6. The minimum Gasteiger partial charge on any atom is -0.354 e. The number of halogens is 2. The number of amides is 2. The molecule has 0 aliphatic rings. The average Bonchev–Trinajstić information content (AvgIpc) is 2.77. The van der Waals surface area contributed by atoms with E-state index in [0.29, 0.717) is 13.0 Å². The highest BCUT2D eigenvalue weighted by Crippen LogP contribution is 2.25. The lowest BCUT2D eigenvalue weighted by molar-refractivity contribution is -0.140. The lowest BCUT2D eigenvalue weighted by Crippen LogP contribution is -2.52. The molecule has 0 spiro atoms. The van der Waals surface area contributed by atoms with Crippen LogP contribution < -0.4 is 9.62 Å². The van der Waals surface area contributed by atoms with E-state index in [1.54, 1.807) is 6.92 Å². The molecule has 0 heterocycles. The second-order valence-electron chi connectivity index (χ2n) is 8.09. The molecular weight excluding hydrogens is 481 g/mol. The summed E-state index contributed by atoms with van der Waals surface area (Å²) in [5.74, 6) is -1.57. The molecule has 2 rings (SSSR count). The molecule has 1 N–H and O–H groups in total. The number of benzene rings is 2. The number of sulfonamides is 1. The third-order valence-corrected chi connectivity index (χ3v) is 6.67. The van der Waals surface area contributed by atoms with Crippen molar-refractivity contribution in [1.82, 2.24) is 10.2 Å². The fourth-order valence-electron chi connectivity index (χ4n) is 3.55. The molecule has 10 heteroatoms. The highest BCUT2D eigenvalue weighted by Gasteiger charge is 2.31. The van der Waals surface area contributed by atoms with E-state index < -0.39 is 34.3 Å². The van der Waals surface area contributed by atoms with Crippen LogP contribution in [-0.4, -0.2) is 50.5 Å². The maximum atomic E-state index is 13.6. The van der Waals surface area contributed by atoms with E-state index in [1.807, 2.05) is 38.1 Å². The van der Waals surface area contributed by atoms with Crippen molar-refractivity contribution in [2.75, 3.05) is 23.7 Å². The smallest absolute Gasteiger partial charge is 0.244 e. The topological polar surface area (TPSA) is 86.8 Å². The Hall–Kier alpha value is -2.65. The van der Waals surface area contributed by atoms with Crippen LogP contribution in [0.3, 0.4) is 0 Å². The Morgan fingerprint density at radius 2 is 1.85 bits per heavy atom. The Morgan fingerprint density at radius 1 is 1.15 bits per heavy atom. The zero-order chi connectivity index (χ0) is 25.5. The third kappa shape index (κ3) is 7.43. The van der Waals surface area contributed by atoms with Crippen LogP contribution in [0.2, 0.25) is 5.02 Å². The number of carbonyl (C=O) groups is 2. The summed E-state index contributed by atoms with van der Waals surface area (Å²) >= 11 is 5.85. The van der Waals surface area contributed by atoms with Gasteiger partial charge in [0.05, 0.1) is 17.0 Å². The fraction of sp³-hybridized carbons (Fsp3) is 0.417. The summed E-state index contributed by atoms with van der Waals surface area (Å²) in [6, 6.07) is 10.2. The van der Waals surface area contributed by atoms with Crippen molar-refractivity contribution < 1.29 is 22.4 Å². The number of nitrogens with one attached hydrogen (secondary N) is 1. The summed E-state index contributed by atoms with van der Waals surface area (Å²) in [5, 5.41) is 2.56. The van der Waals surface area contributed by atoms with Gasteiger partial charge in [0, 0.05) is 13.1 Å². The van der Waals surface area contributed by atoms with E-state index in [4.69, 9.17) is 11.6 Å². The van der Waals surface area contributed by atoms with E-state index in [-0.39, 0.29) is 23.2 Å². The SMILES string of the molecule is CCCNC(=O)C(CC)N(Cc1cccc(C)c1)C(=O)CN(c1ccc(F)c(Cl)c1)S(C)(=O)=O. The summed E-state index contributed by atoms with van der Waals surface area (Å²) in [5.41, 5.74) is 1.86. The molecule has 0 aliphatic carbocycles. The zero-order valence-electron chi connectivity index (χ0n) is 19.8. The van der Waals surface area contributed by atoms with Crippen LogP contribution in [0.15, 0.2) is 42.5 Å². The molecule has 0 aliphatic heterocycles. The molecular formula is C24H31ClFN3O4S. The first-order chi connectivity index (χ1) is 16.0. The van der Waals surface area contributed by atoms with E-state index in [1.165, 1.54) is 11.0 Å². The minimum atomic E-state index is -3.92. The minimum absolute atomic E-state index is 0.0567. The van der Waals surface area contributed by atoms with E-state index in [0.717, 1.165) is 40.2 Å². The molecule has 0 saturated heterocycles. The molecule has 34 heavy (non-hydrogen) atoms. The summed E-state index contributed by atoms with van der Waals surface area (Å²) in [6.07, 6.45) is 2.03. The maximum Gasteiger partial charge on any atom is 0.244 e. The van der Waals surface area contributed by atoms with Crippen LogP contribution in [0.5, 0.6) is 0 Å². The molecule has 0 aromatic heterocycles. The van der Waals surface area contributed by atoms with Crippen molar-refractivity contribution in [3.05, 3.63) is 64.4 Å². The second-order valence-corrected chi connectivity index (χ2v) is 10.4. The predicted molar refractivity (Wildman–Crippen MR) is 133 cm³/mol. The van der Waals surface area contributed by atoms with Crippen molar-refractivity contribution >= 4 is 39.1 Å². The predicted octanol–water partition coefficient (Wildman–Crippen LogP) is 3.89. The van der Waals surface area contributed by atoms with Gasteiger partial charge >= 0.3 is 0 Å². The van der Waals surface area contributed by atoms with Crippen molar-refractivity contribution in [1.29, 1.82) is 0 Å². The van der Waals surface area contributed by atoms with Crippen LogP contribution in [-0.2, 0) is 26.2 Å². The Labute approximate surface area is 205 Å². The Kier molecular flexibility index (Phi) is 9.88. The van der Waals surface area contributed by atoms with Gasteiger partial charge < -0.3 is 10.2 Å². The largest absolute Gasteiger partial charge is 0.354 e. The van der Waals surface area contributed by atoms with Gasteiger partial charge in [-0.05, 0) is 43.5 Å². The van der Waals surface area contributed by atoms with Crippen LogP contribution in [0.1, 0.15) is 37.8 Å². The first kappa shape index (κ1) is 27.6. The summed E-state index contributed by atoms with van der Waals surface area (Å²) in [7, 11) is -3.92. The monoisotopic (exact) mass is 511 g/mol. The summed E-state index contributed by atoms with van der Waals surface area (Å²) in [6.45, 7) is 5.66. The van der Waals surface area contributed by atoms with E-state index in [9.17, 15) is 22.4 Å². The number of aryl methyl sites for hydroxylation is 1. The molecule has 0 saturated carbocycles. The molecule has 2 aromatic carbocycles. The van der Waals surface area contributed by atoms with Crippen molar-refractivity contribution in [3.8, 4) is 0 Å². The van der Waals surface area contributed by atoms with Gasteiger partial charge in [-0.3, -0.25) is 13.9 Å². The number of carbonyl (C=O) groups excluding carboxylic acids is 2. The molecule has 186 valence electrons. The highest BCUT2D eigenvalue weighted by molar-refractivity contribution is 7.92. The molecule has 0 bridgehead atoms. The van der Waals surface area contributed by atoms with Gasteiger partial charge in [-0.2, -0.15) is 0 Å². The van der Waals surface area contributed by atoms with Gasteiger partial charge in [-0.15, -0.1) is 0 Å². The number of rotatable bonds is 11. The molecule has 7 nitrogen and oxygen atoms in total. The van der Waals surface area contributed by atoms with Gasteiger partial charge in [-0.1, -0.05) is 55.3 Å². The van der Waals surface area contributed by atoms with Crippen LogP contribution >= 0.6 is 11.6 Å². The second kappa shape index (κ2) is 12.2. The summed E-state index contributed by atoms with van der Waals surface area (Å²) in [4.78, 5) is 27.8. The first-order valence-electron chi connectivity index (χ1n) is 11.0. The Bertz CT molecular complexity index is 1130. The highest BCUT2D eigenvalue weighted by atomic mass is 35.5. The number of anilines is 1. The van der Waals surface area contributed by atoms with Gasteiger partial charge in [0.15, 0.2) is 0 Å². The standard InChI is InChI=1S/C24H31ClFN3O4S/c1-5-12-27-24(31)22(6-2)28(15-18-9-7-8-17(3)13-18)23(30)16-29(34(4,32)33)19-10-11-21(26)20(25)14-19/h7-11,13-14,22H,5-6,12,15-16H2,1-4H3,(H,27,31). The Morgan fingerprint density at radius 3 is 2.41 bits per heavy atom. The Balaban J connectivity index is 2.44. The molecule has 0 radical (unpaired) electrons. The molecule has 0 fully saturated rings. The number of hydrogen-bond acceptors (Lipinski definition) is 4. The van der Waals surface area contributed by atoms with Gasteiger partial charge in [0.2, 0.25) is 21.8 Å². The first-order valence-corrected chi connectivity index (χ1v) is 13.3. The molecule has 1 atom stereocenters. The maximum absolute atomic E-state index is 13.6. The van der Waals surface area contributed by atoms with Crippen molar-refractivity contribution in [3.63, 3.8) is 0 Å². The lowest BCUT2D eigenvalue weighted by atomic mass is 10.1. The fourth-order valence-corrected chi connectivity index (χ4v) is 4.56. The molecule has 2 amide bonds. The average molecular weight is 512 g/mol. The molecule has 2 aromatic rings. The van der Waals surface area contributed by atoms with Crippen LogP contribution in [0.4, 0.5) is 10.1 Å². The molecule has 1 unspecified atom stereocenters. The normalized spacial score (nSPS) is 12.2. The quantitative estimate of drug-likeness (QED) is 0.496. The van der Waals surface area contributed by atoms with Crippen molar-refractivity contribution in [2.24, 2.45) is 0 Å². The van der Waals surface area contributed by atoms with E-state index in [2.05, 4.69) is 5.32 Å². The van der Waals surface area contributed by atoms with Crippen LogP contribution in [0, 0.1) is 12.7 Å². The van der Waals surface area contributed by atoms with Crippen molar-refractivity contribution in [2.45, 2.75) is 46.2 Å². The van der Waals surface area contributed by atoms with Gasteiger partial charge in [0.1, 0.15) is 18.4 Å².